The highest BCUT2D eigenvalue weighted by Crippen LogP contribution is 2.20. The van der Waals surface area contributed by atoms with Crippen molar-refractivity contribution < 1.29 is 14.1 Å². The molecule has 160 valence electrons. The maximum atomic E-state index is 12.5. The third-order valence-electron chi connectivity index (χ3n) is 5.35. The summed E-state index contributed by atoms with van der Waals surface area (Å²) in [4.78, 5) is 32.9. The minimum Gasteiger partial charge on any atom is -0.341 e. The minimum atomic E-state index is -0.0607. The number of likely N-dealkylation sites (N-methyl/N-ethyl adjacent to an activating group) is 1. The van der Waals surface area contributed by atoms with E-state index in [4.69, 9.17) is 4.52 Å². The Labute approximate surface area is 189 Å². The molecule has 2 aromatic carbocycles. The van der Waals surface area contributed by atoms with Gasteiger partial charge in [-0.25, -0.2) is 0 Å². The van der Waals surface area contributed by atoms with E-state index < -0.39 is 0 Å². The Morgan fingerprint density at radius 1 is 1.03 bits per heavy atom. The van der Waals surface area contributed by atoms with Gasteiger partial charge >= 0.3 is 0 Å². The molecule has 1 saturated heterocycles. The third-order valence-corrected chi connectivity index (χ3v) is 5.88. The van der Waals surface area contributed by atoms with Crippen molar-refractivity contribution in [2.45, 2.75) is 19.3 Å². The first kappa shape index (κ1) is 21.2. The Morgan fingerprint density at radius 3 is 2.35 bits per heavy atom. The Hall–Kier alpha value is -3.00. The average Bonchev–Trinajstić information content (AvgIpc) is 3.49. The summed E-state index contributed by atoms with van der Waals surface area (Å²) in [7, 11) is 1.75. The van der Waals surface area contributed by atoms with Crippen molar-refractivity contribution in [3.05, 3.63) is 70.0 Å². The second kappa shape index (κ2) is 9.43. The van der Waals surface area contributed by atoms with E-state index in [1.807, 2.05) is 29.2 Å². The van der Waals surface area contributed by atoms with Gasteiger partial charge in [0, 0.05) is 54.3 Å². The number of carbonyl (C=O) groups is 2. The number of aromatic nitrogens is 2. The largest absolute Gasteiger partial charge is 0.341 e. The maximum absolute atomic E-state index is 12.5. The van der Waals surface area contributed by atoms with Crippen LogP contribution >= 0.6 is 15.9 Å². The molecule has 4 rings (SSSR count). The van der Waals surface area contributed by atoms with Gasteiger partial charge in [-0.3, -0.25) is 9.59 Å². The molecular weight excluding hydrogens is 460 g/mol. The molecule has 0 unspecified atom stereocenters. The van der Waals surface area contributed by atoms with Gasteiger partial charge in [-0.05, 0) is 61.4 Å². The molecular formula is C23H23BrN4O3. The lowest BCUT2D eigenvalue weighted by molar-refractivity contribution is 0.0786. The monoisotopic (exact) mass is 482 g/mol. The standard InChI is InChI=1S/C23H23BrN4O3/c1-27(22(29)17-8-10-19(24)11-9-17)15-12-20-25-21(31-26-20)16-4-6-18(7-5-16)23(30)28-13-2-3-14-28/h4-11H,2-3,12-15H2,1H3. The van der Waals surface area contributed by atoms with Crippen molar-refractivity contribution in [2.75, 3.05) is 26.7 Å². The second-order valence-electron chi connectivity index (χ2n) is 7.58. The van der Waals surface area contributed by atoms with Gasteiger partial charge in [0.25, 0.3) is 17.7 Å². The van der Waals surface area contributed by atoms with Gasteiger partial charge < -0.3 is 14.3 Å². The van der Waals surface area contributed by atoms with Crippen LogP contribution in [0, 0.1) is 0 Å². The fourth-order valence-electron chi connectivity index (χ4n) is 3.51. The summed E-state index contributed by atoms with van der Waals surface area (Å²) >= 11 is 3.37. The zero-order valence-corrected chi connectivity index (χ0v) is 18.8. The predicted molar refractivity (Wildman–Crippen MR) is 120 cm³/mol. The van der Waals surface area contributed by atoms with Crippen molar-refractivity contribution >= 4 is 27.7 Å². The molecule has 0 saturated carbocycles. The number of rotatable bonds is 6. The highest BCUT2D eigenvalue weighted by Gasteiger charge is 2.20. The van der Waals surface area contributed by atoms with Crippen molar-refractivity contribution in [1.29, 1.82) is 0 Å². The van der Waals surface area contributed by atoms with Crippen molar-refractivity contribution in [2.24, 2.45) is 0 Å². The molecule has 7 nitrogen and oxygen atoms in total. The van der Waals surface area contributed by atoms with Crippen molar-refractivity contribution in [1.82, 2.24) is 19.9 Å². The Morgan fingerprint density at radius 2 is 1.68 bits per heavy atom. The molecule has 8 heteroatoms. The molecule has 0 radical (unpaired) electrons. The molecule has 0 N–H and O–H groups in total. The zero-order chi connectivity index (χ0) is 21.8. The molecule has 1 aliphatic heterocycles. The SMILES string of the molecule is CN(CCc1noc(-c2ccc(C(=O)N3CCCC3)cc2)n1)C(=O)c1ccc(Br)cc1. The third kappa shape index (κ3) is 5.02. The summed E-state index contributed by atoms with van der Waals surface area (Å²) in [6.45, 7) is 2.12. The van der Waals surface area contributed by atoms with Gasteiger partial charge in [0.1, 0.15) is 0 Å². The van der Waals surface area contributed by atoms with E-state index in [-0.39, 0.29) is 11.8 Å². The quantitative estimate of drug-likeness (QED) is 0.529. The van der Waals surface area contributed by atoms with Crippen LogP contribution in [0.3, 0.4) is 0 Å². The number of hydrogen-bond acceptors (Lipinski definition) is 5. The van der Waals surface area contributed by atoms with E-state index in [2.05, 4.69) is 26.1 Å². The molecule has 0 atom stereocenters. The molecule has 1 fully saturated rings. The number of likely N-dealkylation sites (tertiary alicyclic amines) is 1. The van der Waals surface area contributed by atoms with E-state index in [9.17, 15) is 9.59 Å². The van der Waals surface area contributed by atoms with E-state index in [1.165, 1.54) is 0 Å². The number of benzene rings is 2. The summed E-state index contributed by atoms with van der Waals surface area (Å²) in [5, 5.41) is 4.02. The van der Waals surface area contributed by atoms with Crippen LogP contribution in [-0.4, -0.2) is 58.4 Å². The van der Waals surface area contributed by atoms with Crippen LogP contribution in [0.25, 0.3) is 11.5 Å². The van der Waals surface area contributed by atoms with Gasteiger partial charge in [0.05, 0.1) is 0 Å². The summed E-state index contributed by atoms with van der Waals surface area (Å²) < 4.78 is 6.31. The van der Waals surface area contributed by atoms with Gasteiger partial charge in [-0.15, -0.1) is 0 Å². The van der Waals surface area contributed by atoms with E-state index in [0.29, 0.717) is 35.8 Å². The lowest BCUT2D eigenvalue weighted by atomic mass is 10.1. The summed E-state index contributed by atoms with van der Waals surface area (Å²) in [5.74, 6) is 0.933. The van der Waals surface area contributed by atoms with Crippen LogP contribution in [-0.2, 0) is 6.42 Å². The molecule has 3 aromatic rings. The first-order valence-electron chi connectivity index (χ1n) is 10.2. The molecule has 2 amide bonds. The molecule has 0 bridgehead atoms. The van der Waals surface area contributed by atoms with E-state index in [1.54, 1.807) is 36.2 Å². The Bertz CT molecular complexity index is 1060. The normalized spacial score (nSPS) is 13.4. The Kier molecular flexibility index (Phi) is 6.46. The highest BCUT2D eigenvalue weighted by atomic mass is 79.9. The molecule has 1 aliphatic rings. The van der Waals surface area contributed by atoms with E-state index in [0.717, 1.165) is 36.0 Å². The Balaban J connectivity index is 1.35. The lowest BCUT2D eigenvalue weighted by Gasteiger charge is -2.16. The smallest absolute Gasteiger partial charge is 0.257 e. The van der Waals surface area contributed by atoms with Crippen LogP contribution < -0.4 is 0 Å². The highest BCUT2D eigenvalue weighted by molar-refractivity contribution is 9.10. The molecule has 0 aliphatic carbocycles. The van der Waals surface area contributed by atoms with Crippen LogP contribution in [0.4, 0.5) is 0 Å². The van der Waals surface area contributed by atoms with E-state index >= 15 is 0 Å². The van der Waals surface area contributed by atoms with Crippen LogP contribution in [0.2, 0.25) is 0 Å². The minimum absolute atomic E-state index is 0.0607. The number of hydrogen-bond donors (Lipinski definition) is 0. The fraction of sp³-hybridized carbons (Fsp3) is 0.304. The van der Waals surface area contributed by atoms with Gasteiger partial charge in [0.2, 0.25) is 0 Å². The number of halogens is 1. The first-order valence-corrected chi connectivity index (χ1v) is 11.0. The van der Waals surface area contributed by atoms with Gasteiger partial charge in [0.15, 0.2) is 5.82 Å². The molecule has 1 aromatic heterocycles. The molecule has 2 heterocycles. The van der Waals surface area contributed by atoms with Crippen LogP contribution in [0.15, 0.2) is 57.5 Å². The molecule has 0 spiro atoms. The predicted octanol–water partition coefficient (Wildman–Crippen LogP) is 4.05. The maximum Gasteiger partial charge on any atom is 0.257 e. The average molecular weight is 483 g/mol. The topological polar surface area (TPSA) is 79.5 Å². The lowest BCUT2D eigenvalue weighted by Crippen LogP contribution is -2.29. The summed E-state index contributed by atoms with van der Waals surface area (Å²) in [5.41, 5.74) is 2.05. The summed E-state index contributed by atoms with van der Waals surface area (Å²) in [6.07, 6.45) is 2.62. The van der Waals surface area contributed by atoms with Crippen molar-refractivity contribution in [3.63, 3.8) is 0 Å². The number of nitrogens with zero attached hydrogens (tertiary/aromatic N) is 4. The summed E-state index contributed by atoms with van der Waals surface area (Å²) in [6, 6.07) is 14.5. The van der Waals surface area contributed by atoms with Gasteiger partial charge in [-0.2, -0.15) is 4.98 Å². The van der Waals surface area contributed by atoms with Crippen molar-refractivity contribution in [3.8, 4) is 11.5 Å². The zero-order valence-electron chi connectivity index (χ0n) is 17.3. The number of amides is 2. The number of carbonyl (C=O) groups excluding carboxylic acids is 2. The fourth-order valence-corrected chi connectivity index (χ4v) is 3.78. The molecule has 31 heavy (non-hydrogen) atoms. The van der Waals surface area contributed by atoms with Crippen LogP contribution in [0.5, 0.6) is 0 Å². The van der Waals surface area contributed by atoms with Crippen LogP contribution in [0.1, 0.15) is 39.4 Å². The van der Waals surface area contributed by atoms with Gasteiger partial charge in [-0.1, -0.05) is 21.1 Å². The first-order chi connectivity index (χ1) is 15.0. The second-order valence-corrected chi connectivity index (χ2v) is 8.49.